The largest absolute Gasteiger partial charge is 0.392 e. The molecule has 2 heterocycles. The summed E-state index contributed by atoms with van der Waals surface area (Å²) in [6.07, 6.45) is 7.43. The average molecular weight is 469 g/mol. The van der Waals surface area contributed by atoms with Crippen molar-refractivity contribution < 1.29 is 14.7 Å². The third-order valence-corrected chi connectivity index (χ3v) is 9.05. The molecule has 2 aromatic rings. The van der Waals surface area contributed by atoms with E-state index in [1.54, 1.807) is 24.5 Å². The van der Waals surface area contributed by atoms with E-state index in [2.05, 4.69) is 29.5 Å². The maximum Gasteiger partial charge on any atom is 0.257 e. The van der Waals surface area contributed by atoms with Gasteiger partial charge in [0.05, 0.1) is 11.8 Å². The van der Waals surface area contributed by atoms with Crippen LogP contribution in [0.3, 0.4) is 0 Å². The molecule has 3 N–H and O–H groups in total. The summed E-state index contributed by atoms with van der Waals surface area (Å²) in [5.41, 5.74) is 1.47. The predicted octanol–water partition coefficient (Wildman–Crippen LogP) is 3.76. The number of hydrogen-bond donors (Lipinski definition) is 3. The van der Waals surface area contributed by atoms with Gasteiger partial charge in [-0.3, -0.25) is 19.9 Å². The Morgan fingerprint density at radius 3 is 2.67 bits per heavy atom. The first-order chi connectivity index (χ1) is 15.8. The number of pyridine rings is 1. The highest BCUT2D eigenvalue weighted by atomic mass is 32.1. The third kappa shape index (κ3) is 4.19. The normalized spacial score (nSPS) is 31.8. The number of aliphatic hydroxyl groups excluding tert-OH is 1. The average Bonchev–Trinajstić information content (AvgIpc) is 3.51. The fourth-order valence-electron chi connectivity index (χ4n) is 6.03. The van der Waals surface area contributed by atoms with Crippen molar-refractivity contribution in [1.82, 2.24) is 15.3 Å². The smallest absolute Gasteiger partial charge is 0.257 e. The zero-order valence-corrected chi connectivity index (χ0v) is 20.2. The molecule has 176 valence electrons. The Hall–Kier alpha value is -2.32. The van der Waals surface area contributed by atoms with Gasteiger partial charge in [0.2, 0.25) is 5.91 Å². The number of nitrogens with zero attached hydrogens (tertiary/aromatic N) is 2. The molecule has 2 fully saturated rings. The molecular formula is C25H32N4O3S. The van der Waals surface area contributed by atoms with Crippen molar-refractivity contribution in [2.75, 3.05) is 5.32 Å². The van der Waals surface area contributed by atoms with Crippen LogP contribution in [-0.2, 0) is 11.2 Å². The second kappa shape index (κ2) is 8.47. The highest BCUT2D eigenvalue weighted by molar-refractivity contribution is 7.15. The van der Waals surface area contributed by atoms with Crippen molar-refractivity contribution in [3.8, 4) is 0 Å². The molecule has 0 bridgehead atoms. The molecule has 2 aromatic heterocycles. The lowest BCUT2D eigenvalue weighted by atomic mass is 9.53. The highest BCUT2D eigenvalue weighted by Crippen LogP contribution is 2.57. The number of rotatable bonds is 5. The number of carbonyl (C=O) groups excluding carboxylic acids is 2. The molecule has 3 aliphatic rings. The third-order valence-electron chi connectivity index (χ3n) is 8.06. The molecule has 8 heteroatoms. The van der Waals surface area contributed by atoms with Crippen molar-refractivity contribution in [1.29, 1.82) is 0 Å². The molecule has 2 amide bonds. The summed E-state index contributed by atoms with van der Waals surface area (Å²) in [4.78, 5) is 35.2. The number of aliphatic hydroxyl groups is 1. The second-order valence-electron chi connectivity index (χ2n) is 10.4. The fraction of sp³-hybridized carbons (Fsp3) is 0.600. The Morgan fingerprint density at radius 1 is 1.24 bits per heavy atom. The number of aromatic nitrogens is 2. The van der Waals surface area contributed by atoms with E-state index in [4.69, 9.17) is 4.98 Å². The minimum atomic E-state index is -0.552. The number of anilines is 1. The second-order valence-corrected chi connectivity index (χ2v) is 11.5. The van der Waals surface area contributed by atoms with Crippen LogP contribution >= 0.6 is 11.3 Å². The SMILES string of the molecule is C[C@H](C(=O)NC1CC1)[C@@H]1CC[C@]2(C)Cc3sc(NC(=O)c4ccncc4)nc3[C@@H](C)[C@@H]2[C@H]1O. The number of fused-ring (bicyclic) bond motifs is 2. The Kier molecular flexibility index (Phi) is 5.77. The van der Waals surface area contributed by atoms with E-state index >= 15 is 0 Å². The van der Waals surface area contributed by atoms with Gasteiger partial charge in [-0.05, 0) is 61.5 Å². The molecule has 3 aliphatic carbocycles. The lowest BCUT2D eigenvalue weighted by molar-refractivity contribution is -0.134. The zero-order chi connectivity index (χ0) is 23.3. The van der Waals surface area contributed by atoms with Gasteiger partial charge in [0.25, 0.3) is 5.91 Å². The van der Waals surface area contributed by atoms with Gasteiger partial charge in [0.1, 0.15) is 0 Å². The number of carbonyl (C=O) groups is 2. The molecule has 0 unspecified atom stereocenters. The molecule has 33 heavy (non-hydrogen) atoms. The van der Waals surface area contributed by atoms with Crippen LogP contribution in [0.5, 0.6) is 0 Å². The molecule has 5 rings (SSSR count). The van der Waals surface area contributed by atoms with E-state index in [1.165, 1.54) is 16.2 Å². The van der Waals surface area contributed by atoms with Gasteiger partial charge in [0.15, 0.2) is 5.13 Å². The molecule has 2 saturated carbocycles. The first-order valence-corrected chi connectivity index (χ1v) is 12.8. The molecule has 0 aliphatic heterocycles. The Morgan fingerprint density at radius 2 is 1.97 bits per heavy atom. The summed E-state index contributed by atoms with van der Waals surface area (Å²) in [6, 6.07) is 3.69. The van der Waals surface area contributed by atoms with E-state index in [1.807, 2.05) is 6.92 Å². The van der Waals surface area contributed by atoms with Crippen molar-refractivity contribution in [3.05, 3.63) is 40.7 Å². The van der Waals surface area contributed by atoms with Gasteiger partial charge >= 0.3 is 0 Å². The summed E-state index contributed by atoms with van der Waals surface area (Å²) in [5.74, 6) is -0.289. The minimum Gasteiger partial charge on any atom is -0.392 e. The molecule has 0 spiro atoms. The van der Waals surface area contributed by atoms with Crippen LogP contribution in [0.1, 0.15) is 73.3 Å². The van der Waals surface area contributed by atoms with Crippen LogP contribution in [0.4, 0.5) is 5.13 Å². The molecule has 6 atom stereocenters. The van der Waals surface area contributed by atoms with Crippen molar-refractivity contribution in [2.45, 2.75) is 70.9 Å². The predicted molar refractivity (Wildman–Crippen MR) is 127 cm³/mol. The van der Waals surface area contributed by atoms with Gasteiger partial charge in [-0.25, -0.2) is 4.98 Å². The molecule has 0 radical (unpaired) electrons. The zero-order valence-electron chi connectivity index (χ0n) is 19.4. The molecule has 0 aromatic carbocycles. The molecule has 7 nitrogen and oxygen atoms in total. The summed E-state index contributed by atoms with van der Waals surface area (Å²) >= 11 is 1.54. The van der Waals surface area contributed by atoms with Crippen LogP contribution in [-0.4, -0.2) is 39.0 Å². The monoisotopic (exact) mass is 468 g/mol. The van der Waals surface area contributed by atoms with Crippen molar-refractivity contribution in [2.24, 2.45) is 23.2 Å². The van der Waals surface area contributed by atoms with Gasteiger partial charge < -0.3 is 10.4 Å². The van der Waals surface area contributed by atoms with Gasteiger partial charge in [-0.2, -0.15) is 0 Å². The fourth-order valence-corrected chi connectivity index (χ4v) is 7.29. The minimum absolute atomic E-state index is 0.0331. The van der Waals surface area contributed by atoms with Crippen LogP contribution in [0.15, 0.2) is 24.5 Å². The maximum absolute atomic E-state index is 12.7. The van der Waals surface area contributed by atoms with E-state index in [0.29, 0.717) is 16.7 Å². The lowest BCUT2D eigenvalue weighted by Gasteiger charge is -2.53. The number of thiazole rings is 1. The summed E-state index contributed by atoms with van der Waals surface area (Å²) in [6.45, 7) is 6.36. The van der Waals surface area contributed by atoms with Crippen LogP contribution in [0, 0.1) is 23.2 Å². The standard InChI is InChI=1S/C25H32N4O3S/c1-13(22(31)27-16-4-5-16)17-6-9-25(3)12-18-20(14(2)19(25)21(17)30)28-24(33-18)29-23(32)15-7-10-26-11-8-15/h7-8,10-11,13-14,16-17,19,21,30H,4-6,9,12H2,1-3H3,(H,27,31)(H,28,29,32)/t13-,14-,17-,19+,21-,25+/m0/s1. The summed E-state index contributed by atoms with van der Waals surface area (Å²) < 4.78 is 0. The first-order valence-electron chi connectivity index (χ1n) is 12.0. The Labute approximate surface area is 198 Å². The number of nitrogens with one attached hydrogen (secondary N) is 2. The van der Waals surface area contributed by atoms with Gasteiger partial charge in [-0.1, -0.05) is 20.8 Å². The highest BCUT2D eigenvalue weighted by Gasteiger charge is 2.54. The quantitative estimate of drug-likeness (QED) is 0.620. The summed E-state index contributed by atoms with van der Waals surface area (Å²) in [7, 11) is 0. The Balaban J connectivity index is 1.35. The van der Waals surface area contributed by atoms with E-state index < -0.39 is 6.10 Å². The van der Waals surface area contributed by atoms with Gasteiger partial charge in [-0.15, -0.1) is 11.3 Å². The maximum atomic E-state index is 12.7. The lowest BCUT2D eigenvalue weighted by Crippen LogP contribution is -2.53. The topological polar surface area (TPSA) is 104 Å². The summed E-state index contributed by atoms with van der Waals surface area (Å²) in [5, 5.41) is 18.2. The molecule has 0 saturated heterocycles. The van der Waals surface area contributed by atoms with E-state index in [9.17, 15) is 14.7 Å². The number of amides is 2. The van der Waals surface area contributed by atoms with Gasteiger partial charge in [0, 0.05) is 40.7 Å². The van der Waals surface area contributed by atoms with E-state index in [0.717, 1.165) is 37.8 Å². The van der Waals surface area contributed by atoms with Crippen LogP contribution in [0.2, 0.25) is 0 Å². The first kappa shape index (κ1) is 22.5. The van der Waals surface area contributed by atoms with Crippen LogP contribution < -0.4 is 10.6 Å². The Bertz CT molecular complexity index is 1050. The van der Waals surface area contributed by atoms with E-state index in [-0.39, 0.29) is 40.9 Å². The molecular weight excluding hydrogens is 436 g/mol. The van der Waals surface area contributed by atoms with Crippen molar-refractivity contribution in [3.63, 3.8) is 0 Å². The van der Waals surface area contributed by atoms with Crippen LogP contribution in [0.25, 0.3) is 0 Å². The van der Waals surface area contributed by atoms with Crippen molar-refractivity contribution >= 4 is 28.3 Å². The number of hydrogen-bond acceptors (Lipinski definition) is 6.